The third-order valence-electron chi connectivity index (χ3n) is 5.17. The summed E-state index contributed by atoms with van der Waals surface area (Å²) in [6, 6.07) is 17.7. The van der Waals surface area contributed by atoms with Crippen molar-refractivity contribution in [2.24, 2.45) is 0 Å². The summed E-state index contributed by atoms with van der Waals surface area (Å²) >= 11 is 0. The first-order valence-corrected chi connectivity index (χ1v) is 10.2. The quantitative estimate of drug-likeness (QED) is 0.428. The van der Waals surface area contributed by atoms with Crippen LogP contribution in [-0.2, 0) is 6.42 Å². The highest BCUT2D eigenvalue weighted by Crippen LogP contribution is 2.29. The molecule has 2 aromatic heterocycles. The second kappa shape index (κ2) is 8.49. The summed E-state index contributed by atoms with van der Waals surface area (Å²) in [6.07, 6.45) is 5.17. The van der Waals surface area contributed by atoms with Crippen molar-refractivity contribution in [2.45, 2.75) is 33.1 Å². The Labute approximate surface area is 175 Å². The van der Waals surface area contributed by atoms with Gasteiger partial charge in [-0.15, -0.1) is 0 Å². The maximum atomic E-state index is 13.4. The molecule has 0 atom stereocenters. The molecule has 152 valence electrons. The van der Waals surface area contributed by atoms with E-state index >= 15 is 0 Å². The van der Waals surface area contributed by atoms with Crippen molar-refractivity contribution in [3.63, 3.8) is 0 Å². The molecule has 0 saturated heterocycles. The van der Waals surface area contributed by atoms with E-state index in [1.165, 1.54) is 17.7 Å². The highest BCUT2D eigenvalue weighted by Gasteiger charge is 2.17. The van der Waals surface area contributed by atoms with Gasteiger partial charge in [0.2, 0.25) is 0 Å². The molecule has 0 bridgehead atoms. The minimum atomic E-state index is -0.313. The van der Waals surface area contributed by atoms with Gasteiger partial charge in [0.1, 0.15) is 23.0 Å². The number of hydrogen-bond donors (Lipinski definition) is 1. The number of amides is 1. The van der Waals surface area contributed by atoms with Gasteiger partial charge in [0.15, 0.2) is 0 Å². The summed E-state index contributed by atoms with van der Waals surface area (Å²) in [5.41, 5.74) is 4.95. The Morgan fingerprint density at radius 3 is 2.50 bits per heavy atom. The van der Waals surface area contributed by atoms with E-state index in [4.69, 9.17) is 4.98 Å². The Balaban J connectivity index is 1.69. The van der Waals surface area contributed by atoms with E-state index in [1.807, 2.05) is 53.9 Å². The number of rotatable bonds is 6. The molecule has 2 aromatic carbocycles. The largest absolute Gasteiger partial charge is 0.306 e. The summed E-state index contributed by atoms with van der Waals surface area (Å²) in [4.78, 5) is 17.7. The molecule has 0 radical (unpaired) electrons. The van der Waals surface area contributed by atoms with Crippen molar-refractivity contribution in [2.75, 3.05) is 5.32 Å². The number of imidazole rings is 1. The van der Waals surface area contributed by atoms with Gasteiger partial charge < -0.3 is 5.32 Å². The van der Waals surface area contributed by atoms with Gasteiger partial charge in [0.05, 0.1) is 0 Å². The van der Waals surface area contributed by atoms with Crippen molar-refractivity contribution < 1.29 is 9.18 Å². The van der Waals surface area contributed by atoms with Gasteiger partial charge in [0, 0.05) is 17.3 Å². The minimum Gasteiger partial charge on any atom is -0.306 e. The van der Waals surface area contributed by atoms with Crippen LogP contribution in [0.15, 0.2) is 66.9 Å². The molecule has 1 N–H and O–H groups in total. The SMILES string of the molecule is CCCCc1ccc(C(=O)Nc2c(-c3ccc(F)cc3)nc3cc(C)ccn23)cc1. The van der Waals surface area contributed by atoms with Crippen LogP contribution in [0.25, 0.3) is 16.9 Å². The van der Waals surface area contributed by atoms with Crippen molar-refractivity contribution >= 4 is 17.4 Å². The standard InChI is InChI=1S/C25H24FN3O/c1-3-4-5-18-6-8-20(9-7-18)25(30)28-24-23(19-10-12-21(26)13-11-19)27-22-16-17(2)14-15-29(22)24/h6-16H,3-5H2,1-2H3,(H,28,30). The molecule has 4 rings (SSSR count). The second-order valence-corrected chi connectivity index (χ2v) is 7.50. The molecule has 0 aliphatic rings. The molecule has 5 heteroatoms. The molecule has 0 fully saturated rings. The Hall–Kier alpha value is -3.47. The number of anilines is 1. The monoisotopic (exact) mass is 401 g/mol. The van der Waals surface area contributed by atoms with Crippen molar-refractivity contribution in [1.82, 2.24) is 9.38 Å². The Morgan fingerprint density at radius 2 is 1.80 bits per heavy atom. The summed E-state index contributed by atoms with van der Waals surface area (Å²) in [6.45, 7) is 4.16. The Bertz CT molecular complexity index is 1180. The molecule has 4 nitrogen and oxygen atoms in total. The van der Waals surface area contributed by atoms with Gasteiger partial charge in [0.25, 0.3) is 5.91 Å². The fraction of sp³-hybridized carbons (Fsp3) is 0.200. The van der Waals surface area contributed by atoms with E-state index in [0.29, 0.717) is 17.1 Å². The number of fused-ring (bicyclic) bond motifs is 1. The first-order chi connectivity index (χ1) is 14.5. The number of carbonyl (C=O) groups excluding carboxylic acids is 1. The predicted molar refractivity (Wildman–Crippen MR) is 118 cm³/mol. The molecule has 0 aliphatic carbocycles. The van der Waals surface area contributed by atoms with Crippen molar-refractivity contribution in [3.05, 3.63) is 89.4 Å². The van der Waals surface area contributed by atoms with Gasteiger partial charge >= 0.3 is 0 Å². The van der Waals surface area contributed by atoms with Crippen LogP contribution in [0.2, 0.25) is 0 Å². The maximum absolute atomic E-state index is 13.4. The Kier molecular flexibility index (Phi) is 5.61. The van der Waals surface area contributed by atoms with Crippen LogP contribution in [-0.4, -0.2) is 15.3 Å². The molecule has 1 amide bonds. The molecule has 0 spiro atoms. The van der Waals surface area contributed by atoms with Gasteiger partial charge in [-0.1, -0.05) is 25.5 Å². The number of halogens is 1. The number of aryl methyl sites for hydroxylation is 2. The van der Waals surface area contributed by atoms with E-state index in [-0.39, 0.29) is 11.7 Å². The summed E-state index contributed by atoms with van der Waals surface area (Å²) < 4.78 is 15.3. The van der Waals surface area contributed by atoms with Crippen LogP contribution >= 0.6 is 0 Å². The zero-order valence-corrected chi connectivity index (χ0v) is 17.2. The van der Waals surface area contributed by atoms with E-state index in [1.54, 1.807) is 12.1 Å². The number of carbonyl (C=O) groups is 1. The maximum Gasteiger partial charge on any atom is 0.256 e. The number of aromatic nitrogens is 2. The second-order valence-electron chi connectivity index (χ2n) is 7.50. The predicted octanol–water partition coefficient (Wildman–Crippen LogP) is 6.04. The smallest absolute Gasteiger partial charge is 0.256 e. The first-order valence-electron chi connectivity index (χ1n) is 10.2. The summed E-state index contributed by atoms with van der Waals surface area (Å²) in [5, 5.41) is 3.01. The third-order valence-corrected chi connectivity index (χ3v) is 5.17. The number of nitrogens with zero attached hydrogens (tertiary/aromatic N) is 2. The number of unbranched alkanes of at least 4 members (excludes halogenated alkanes) is 1. The van der Waals surface area contributed by atoms with Crippen LogP contribution < -0.4 is 5.32 Å². The lowest BCUT2D eigenvalue weighted by Gasteiger charge is -2.09. The fourth-order valence-corrected chi connectivity index (χ4v) is 3.46. The lowest BCUT2D eigenvalue weighted by molar-refractivity contribution is 0.102. The number of pyridine rings is 1. The van der Waals surface area contributed by atoms with Gasteiger partial charge in [-0.3, -0.25) is 9.20 Å². The fourth-order valence-electron chi connectivity index (χ4n) is 3.46. The molecule has 2 heterocycles. The number of benzene rings is 2. The topological polar surface area (TPSA) is 46.4 Å². The molecule has 0 aliphatic heterocycles. The highest BCUT2D eigenvalue weighted by molar-refractivity contribution is 6.05. The van der Waals surface area contributed by atoms with Crippen LogP contribution in [0.5, 0.6) is 0 Å². The number of nitrogens with one attached hydrogen (secondary N) is 1. The molecule has 4 aromatic rings. The minimum absolute atomic E-state index is 0.206. The Morgan fingerprint density at radius 1 is 1.07 bits per heavy atom. The summed E-state index contributed by atoms with van der Waals surface area (Å²) in [5.74, 6) is 0.0477. The molecule has 30 heavy (non-hydrogen) atoms. The van der Waals surface area contributed by atoms with E-state index < -0.39 is 0 Å². The van der Waals surface area contributed by atoms with E-state index in [2.05, 4.69) is 12.2 Å². The average molecular weight is 401 g/mol. The summed E-state index contributed by atoms with van der Waals surface area (Å²) in [7, 11) is 0. The van der Waals surface area contributed by atoms with Crippen LogP contribution in [0.3, 0.4) is 0 Å². The van der Waals surface area contributed by atoms with Crippen LogP contribution in [0.1, 0.15) is 41.3 Å². The average Bonchev–Trinajstić information content (AvgIpc) is 3.10. The normalized spacial score (nSPS) is 11.0. The van der Waals surface area contributed by atoms with Crippen LogP contribution in [0, 0.1) is 12.7 Å². The highest BCUT2D eigenvalue weighted by atomic mass is 19.1. The molecular weight excluding hydrogens is 377 g/mol. The third kappa shape index (κ3) is 4.10. The lowest BCUT2D eigenvalue weighted by atomic mass is 10.1. The van der Waals surface area contributed by atoms with Crippen LogP contribution in [0.4, 0.5) is 10.2 Å². The zero-order chi connectivity index (χ0) is 21.1. The van der Waals surface area contributed by atoms with Crippen molar-refractivity contribution in [3.8, 4) is 11.3 Å². The zero-order valence-electron chi connectivity index (χ0n) is 17.2. The van der Waals surface area contributed by atoms with Gasteiger partial charge in [-0.2, -0.15) is 0 Å². The molecular formula is C25H24FN3O. The van der Waals surface area contributed by atoms with E-state index in [0.717, 1.165) is 36.0 Å². The number of hydrogen-bond acceptors (Lipinski definition) is 2. The van der Waals surface area contributed by atoms with Gasteiger partial charge in [-0.25, -0.2) is 9.37 Å². The lowest BCUT2D eigenvalue weighted by Crippen LogP contribution is -2.14. The molecule has 0 unspecified atom stereocenters. The molecule has 0 saturated carbocycles. The van der Waals surface area contributed by atoms with Crippen molar-refractivity contribution in [1.29, 1.82) is 0 Å². The van der Waals surface area contributed by atoms with E-state index in [9.17, 15) is 9.18 Å². The van der Waals surface area contributed by atoms with Gasteiger partial charge in [-0.05, 0) is 79.4 Å². The first kappa shape index (κ1) is 19.8.